The number of carboxylic acid groups (broad SMARTS) is 2. The number of rotatable bonds is 10. The van der Waals surface area contributed by atoms with Gasteiger partial charge >= 0.3 is 12.1 Å². The predicted molar refractivity (Wildman–Crippen MR) is 73.3 cm³/mol. The first-order valence-electron chi connectivity index (χ1n) is 6.34. The van der Waals surface area contributed by atoms with Crippen LogP contribution in [0.25, 0.3) is 0 Å². The van der Waals surface area contributed by atoms with Crippen molar-refractivity contribution in [3.8, 4) is 0 Å². The van der Waals surface area contributed by atoms with Gasteiger partial charge in [-0.05, 0) is 24.3 Å². The Hall–Kier alpha value is -0.910. The molecule has 0 saturated heterocycles. The molecule has 0 aromatic carbocycles. The molecule has 2 N–H and O–H groups in total. The second-order valence-electron chi connectivity index (χ2n) is 4.02. The van der Waals surface area contributed by atoms with Crippen LogP contribution in [-0.2, 0) is 4.79 Å². The summed E-state index contributed by atoms with van der Waals surface area (Å²) in [6, 6.07) is -0.918. The van der Waals surface area contributed by atoms with Gasteiger partial charge in [-0.25, -0.2) is 9.59 Å². The van der Waals surface area contributed by atoms with Crippen molar-refractivity contribution in [3.63, 3.8) is 0 Å². The zero-order valence-electron chi connectivity index (χ0n) is 11.1. The molecule has 1 amide bonds. The van der Waals surface area contributed by atoms with Crippen molar-refractivity contribution in [1.82, 2.24) is 4.90 Å². The minimum Gasteiger partial charge on any atom is -0.480 e. The van der Waals surface area contributed by atoms with Gasteiger partial charge in [-0.2, -0.15) is 11.8 Å². The van der Waals surface area contributed by atoms with Crippen molar-refractivity contribution >= 4 is 23.8 Å². The van der Waals surface area contributed by atoms with Crippen molar-refractivity contribution in [1.29, 1.82) is 0 Å². The molecule has 0 aliphatic rings. The summed E-state index contributed by atoms with van der Waals surface area (Å²) in [5.74, 6) is 0.533. The number of nitrogens with zero attached hydrogens (tertiary/aromatic N) is 1. The molecular weight excluding hydrogens is 254 g/mol. The van der Waals surface area contributed by atoms with Crippen molar-refractivity contribution in [2.75, 3.05) is 18.1 Å². The van der Waals surface area contributed by atoms with Crippen LogP contribution in [0.5, 0.6) is 0 Å². The standard InChI is InChI=1S/C12H23NO4S/c1-3-5-6-8-13(12(16)17)10(11(14)15)7-9-18-4-2/h10H,3-9H2,1-2H3,(H,14,15)(H,16,17). The van der Waals surface area contributed by atoms with E-state index in [0.29, 0.717) is 25.1 Å². The summed E-state index contributed by atoms with van der Waals surface area (Å²) in [6.45, 7) is 4.32. The number of carboxylic acids is 1. The van der Waals surface area contributed by atoms with Gasteiger partial charge in [0, 0.05) is 6.54 Å². The monoisotopic (exact) mass is 277 g/mol. The summed E-state index contributed by atoms with van der Waals surface area (Å²) in [7, 11) is 0. The fourth-order valence-corrected chi connectivity index (χ4v) is 2.35. The zero-order valence-corrected chi connectivity index (χ0v) is 11.9. The molecular formula is C12H23NO4S. The topological polar surface area (TPSA) is 77.8 Å². The number of hydrogen-bond acceptors (Lipinski definition) is 3. The average molecular weight is 277 g/mol. The van der Waals surface area contributed by atoms with E-state index in [2.05, 4.69) is 0 Å². The van der Waals surface area contributed by atoms with Crippen LogP contribution in [0.1, 0.15) is 39.5 Å². The molecule has 6 heteroatoms. The molecule has 0 bridgehead atoms. The summed E-state index contributed by atoms with van der Waals surface area (Å²) >= 11 is 1.63. The van der Waals surface area contributed by atoms with E-state index in [1.807, 2.05) is 13.8 Å². The van der Waals surface area contributed by atoms with E-state index in [1.165, 1.54) is 0 Å². The Labute approximate surface area is 113 Å². The highest BCUT2D eigenvalue weighted by Crippen LogP contribution is 2.12. The first kappa shape index (κ1) is 17.1. The third-order valence-electron chi connectivity index (χ3n) is 2.65. The van der Waals surface area contributed by atoms with Crippen LogP contribution >= 0.6 is 11.8 Å². The summed E-state index contributed by atoms with van der Waals surface area (Å²) in [6.07, 6.45) is 1.84. The number of thioether (sulfide) groups is 1. The first-order chi connectivity index (χ1) is 8.54. The van der Waals surface area contributed by atoms with E-state index in [-0.39, 0.29) is 0 Å². The number of unbranched alkanes of at least 4 members (excludes halogenated alkanes) is 2. The summed E-state index contributed by atoms with van der Waals surface area (Å²) in [4.78, 5) is 23.3. The first-order valence-corrected chi connectivity index (χ1v) is 7.50. The van der Waals surface area contributed by atoms with Gasteiger partial charge < -0.3 is 10.2 Å². The highest BCUT2D eigenvalue weighted by Gasteiger charge is 2.28. The van der Waals surface area contributed by atoms with E-state index in [4.69, 9.17) is 10.2 Å². The second kappa shape index (κ2) is 10.1. The summed E-state index contributed by atoms with van der Waals surface area (Å²) in [5.41, 5.74) is 0. The largest absolute Gasteiger partial charge is 0.480 e. The third kappa shape index (κ3) is 6.74. The molecule has 0 aliphatic heterocycles. The molecule has 0 rings (SSSR count). The molecule has 0 fully saturated rings. The summed E-state index contributed by atoms with van der Waals surface area (Å²) < 4.78 is 0. The normalized spacial score (nSPS) is 12.1. The molecule has 106 valence electrons. The van der Waals surface area contributed by atoms with Crippen LogP contribution in [0.4, 0.5) is 4.79 Å². The van der Waals surface area contributed by atoms with Gasteiger partial charge in [0.2, 0.25) is 0 Å². The smallest absolute Gasteiger partial charge is 0.408 e. The Morgan fingerprint density at radius 3 is 2.33 bits per heavy atom. The van der Waals surface area contributed by atoms with Crippen molar-refractivity contribution < 1.29 is 19.8 Å². The van der Waals surface area contributed by atoms with E-state index in [0.717, 1.165) is 23.5 Å². The fourth-order valence-electron chi connectivity index (χ4n) is 1.67. The van der Waals surface area contributed by atoms with Crippen LogP contribution in [0.3, 0.4) is 0 Å². The Balaban J connectivity index is 4.45. The molecule has 0 aromatic rings. The number of aliphatic carboxylic acids is 1. The lowest BCUT2D eigenvalue weighted by Gasteiger charge is -2.26. The number of hydrogen-bond donors (Lipinski definition) is 2. The van der Waals surface area contributed by atoms with Crippen molar-refractivity contribution in [3.05, 3.63) is 0 Å². The SMILES string of the molecule is CCCCCN(C(=O)O)C(CCSCC)C(=O)O. The van der Waals surface area contributed by atoms with Gasteiger partial charge in [0.25, 0.3) is 0 Å². The lowest BCUT2D eigenvalue weighted by molar-refractivity contribution is -0.142. The Kier molecular flexibility index (Phi) is 9.55. The van der Waals surface area contributed by atoms with Gasteiger partial charge in [-0.15, -0.1) is 0 Å². The maximum absolute atomic E-state index is 11.2. The minimum atomic E-state index is -1.14. The molecule has 0 spiro atoms. The fraction of sp³-hybridized carbons (Fsp3) is 0.833. The van der Waals surface area contributed by atoms with Gasteiger partial charge in [-0.3, -0.25) is 4.90 Å². The predicted octanol–water partition coefficient (Wildman–Crippen LogP) is 2.75. The third-order valence-corrected chi connectivity index (χ3v) is 3.58. The summed E-state index contributed by atoms with van der Waals surface area (Å²) in [5, 5.41) is 18.2. The molecule has 0 aliphatic carbocycles. The lowest BCUT2D eigenvalue weighted by atomic mass is 10.1. The molecule has 0 heterocycles. The van der Waals surface area contributed by atoms with Gasteiger partial charge in [0.1, 0.15) is 6.04 Å². The Bertz CT molecular complexity index is 234. The number of amides is 1. The highest BCUT2D eigenvalue weighted by molar-refractivity contribution is 7.99. The van der Waals surface area contributed by atoms with Crippen molar-refractivity contribution in [2.24, 2.45) is 0 Å². The van der Waals surface area contributed by atoms with Crippen LogP contribution in [0.15, 0.2) is 0 Å². The molecule has 1 atom stereocenters. The maximum Gasteiger partial charge on any atom is 0.408 e. The van der Waals surface area contributed by atoms with Crippen LogP contribution in [0, 0.1) is 0 Å². The van der Waals surface area contributed by atoms with E-state index >= 15 is 0 Å². The number of carbonyl (C=O) groups is 2. The average Bonchev–Trinajstić information content (AvgIpc) is 2.31. The molecule has 0 aromatic heterocycles. The molecule has 5 nitrogen and oxygen atoms in total. The lowest BCUT2D eigenvalue weighted by Crippen LogP contribution is -2.45. The van der Waals surface area contributed by atoms with E-state index < -0.39 is 18.1 Å². The van der Waals surface area contributed by atoms with Crippen LogP contribution in [-0.4, -0.2) is 51.3 Å². The van der Waals surface area contributed by atoms with Crippen LogP contribution < -0.4 is 0 Å². The quantitative estimate of drug-likeness (QED) is 0.600. The Morgan fingerprint density at radius 1 is 1.22 bits per heavy atom. The zero-order chi connectivity index (χ0) is 14.0. The van der Waals surface area contributed by atoms with E-state index in [9.17, 15) is 9.59 Å². The molecule has 18 heavy (non-hydrogen) atoms. The van der Waals surface area contributed by atoms with Gasteiger partial charge in [0.05, 0.1) is 0 Å². The van der Waals surface area contributed by atoms with Gasteiger partial charge in [0.15, 0.2) is 0 Å². The Morgan fingerprint density at radius 2 is 1.89 bits per heavy atom. The minimum absolute atomic E-state index is 0.303. The van der Waals surface area contributed by atoms with Crippen molar-refractivity contribution in [2.45, 2.75) is 45.6 Å². The maximum atomic E-state index is 11.2. The molecule has 0 saturated carbocycles. The molecule has 0 radical (unpaired) electrons. The van der Waals surface area contributed by atoms with Gasteiger partial charge in [-0.1, -0.05) is 26.7 Å². The second-order valence-corrected chi connectivity index (χ2v) is 5.42. The highest BCUT2D eigenvalue weighted by atomic mass is 32.2. The van der Waals surface area contributed by atoms with Crippen LogP contribution in [0.2, 0.25) is 0 Å². The molecule has 1 unspecified atom stereocenters. The van der Waals surface area contributed by atoms with E-state index in [1.54, 1.807) is 11.8 Å².